The Morgan fingerprint density at radius 1 is 1.00 bits per heavy atom. The third-order valence-electron chi connectivity index (χ3n) is 3.59. The summed E-state index contributed by atoms with van der Waals surface area (Å²) < 4.78 is 5.30. The van der Waals surface area contributed by atoms with Crippen LogP contribution < -0.4 is 15.6 Å². The van der Waals surface area contributed by atoms with Crippen LogP contribution >= 0.6 is 11.6 Å². The molecule has 0 aliphatic rings. The molecule has 2 N–H and O–H groups in total. The smallest absolute Gasteiger partial charge is 0.276 e. The number of hydrogen-bond donors (Lipinski definition) is 2. The van der Waals surface area contributed by atoms with Gasteiger partial charge in [0, 0.05) is 11.6 Å². The number of nitrogens with one attached hydrogen (secondary N) is 2. The van der Waals surface area contributed by atoms with Gasteiger partial charge in [-0.15, -0.1) is 0 Å². The Balaban J connectivity index is 1.69. The van der Waals surface area contributed by atoms with Crippen molar-refractivity contribution in [2.45, 2.75) is 13.5 Å². The Morgan fingerprint density at radius 3 is 2.31 bits per heavy atom. The number of rotatable bonds is 8. The van der Waals surface area contributed by atoms with E-state index < -0.39 is 5.91 Å². The summed E-state index contributed by atoms with van der Waals surface area (Å²) in [5.41, 5.74) is 5.87. The van der Waals surface area contributed by atoms with E-state index in [4.69, 9.17) is 16.3 Å². The lowest BCUT2D eigenvalue weighted by molar-refractivity contribution is -0.130. The van der Waals surface area contributed by atoms with Gasteiger partial charge in [-0.3, -0.25) is 25.3 Å². The molecule has 0 saturated carbocycles. The molecule has 0 atom stereocenters. The topological polar surface area (TPSA) is 70.7 Å². The minimum absolute atomic E-state index is 0.184. The average molecular weight is 376 g/mol. The van der Waals surface area contributed by atoms with Crippen LogP contribution in [-0.2, 0) is 16.1 Å². The van der Waals surface area contributed by atoms with Gasteiger partial charge in [-0.2, -0.15) is 0 Å². The second kappa shape index (κ2) is 10.4. The first-order valence-electron chi connectivity index (χ1n) is 8.29. The molecule has 0 aromatic heterocycles. The van der Waals surface area contributed by atoms with Crippen molar-refractivity contribution in [2.75, 3.05) is 19.7 Å². The van der Waals surface area contributed by atoms with Gasteiger partial charge in [-0.1, -0.05) is 48.9 Å². The van der Waals surface area contributed by atoms with Gasteiger partial charge in [-0.25, -0.2) is 0 Å². The van der Waals surface area contributed by atoms with Gasteiger partial charge in [0.15, 0.2) is 6.61 Å². The van der Waals surface area contributed by atoms with Gasteiger partial charge < -0.3 is 4.74 Å². The summed E-state index contributed by atoms with van der Waals surface area (Å²) in [5, 5.41) is 0.588. The quantitative estimate of drug-likeness (QED) is 0.695. The lowest BCUT2D eigenvalue weighted by atomic mass is 10.2. The summed E-state index contributed by atoms with van der Waals surface area (Å²) in [4.78, 5) is 25.7. The summed E-state index contributed by atoms with van der Waals surface area (Å²) in [6.07, 6.45) is 0. The highest BCUT2D eigenvalue weighted by molar-refractivity contribution is 6.30. The second-order valence-electron chi connectivity index (χ2n) is 5.63. The SMILES string of the molecule is CCN(CC(=O)NNC(=O)COc1ccc(Cl)cc1)Cc1ccccc1. The summed E-state index contributed by atoms with van der Waals surface area (Å²) in [7, 11) is 0. The van der Waals surface area contributed by atoms with Crippen LogP contribution in [0.2, 0.25) is 5.02 Å². The number of ether oxygens (including phenoxy) is 1. The summed E-state index contributed by atoms with van der Waals surface area (Å²) in [5.74, 6) is -0.210. The van der Waals surface area contributed by atoms with E-state index in [2.05, 4.69) is 10.9 Å². The number of amides is 2. The first-order valence-corrected chi connectivity index (χ1v) is 8.67. The third kappa shape index (κ3) is 7.13. The van der Waals surface area contributed by atoms with Crippen molar-refractivity contribution in [3.63, 3.8) is 0 Å². The molecule has 0 heterocycles. The Bertz CT molecular complexity index is 708. The van der Waals surface area contributed by atoms with E-state index in [0.29, 0.717) is 17.3 Å². The van der Waals surface area contributed by atoms with Crippen LogP contribution in [0.15, 0.2) is 54.6 Å². The van der Waals surface area contributed by atoms with Crippen molar-refractivity contribution in [2.24, 2.45) is 0 Å². The van der Waals surface area contributed by atoms with Crippen LogP contribution in [0.5, 0.6) is 5.75 Å². The molecular weight excluding hydrogens is 354 g/mol. The van der Waals surface area contributed by atoms with E-state index in [1.54, 1.807) is 24.3 Å². The zero-order chi connectivity index (χ0) is 18.8. The maximum atomic E-state index is 12.0. The molecule has 2 rings (SSSR count). The number of hydrazine groups is 1. The lowest BCUT2D eigenvalue weighted by Gasteiger charge is -2.20. The molecule has 2 amide bonds. The van der Waals surface area contributed by atoms with Crippen molar-refractivity contribution >= 4 is 23.4 Å². The Hall–Kier alpha value is -2.57. The first kappa shape index (κ1) is 19.8. The minimum Gasteiger partial charge on any atom is -0.484 e. The summed E-state index contributed by atoms with van der Waals surface area (Å²) in [6, 6.07) is 16.6. The van der Waals surface area contributed by atoms with E-state index in [1.165, 1.54) is 0 Å². The summed E-state index contributed by atoms with van der Waals surface area (Å²) >= 11 is 5.78. The number of carbonyl (C=O) groups is 2. The molecule has 0 aliphatic heterocycles. The molecule has 0 unspecified atom stereocenters. The number of likely N-dealkylation sites (N-methyl/N-ethyl adjacent to an activating group) is 1. The Labute approximate surface area is 158 Å². The van der Waals surface area contributed by atoms with Crippen LogP contribution in [0.4, 0.5) is 0 Å². The molecule has 26 heavy (non-hydrogen) atoms. The predicted molar refractivity (Wildman–Crippen MR) is 101 cm³/mol. The van der Waals surface area contributed by atoms with E-state index >= 15 is 0 Å². The normalized spacial score (nSPS) is 10.4. The van der Waals surface area contributed by atoms with Crippen LogP contribution in [0.3, 0.4) is 0 Å². The van der Waals surface area contributed by atoms with E-state index in [-0.39, 0.29) is 19.1 Å². The van der Waals surface area contributed by atoms with Crippen molar-refractivity contribution in [3.05, 3.63) is 65.2 Å². The number of nitrogens with zero attached hydrogens (tertiary/aromatic N) is 1. The maximum absolute atomic E-state index is 12.0. The van der Waals surface area contributed by atoms with Gasteiger partial charge >= 0.3 is 0 Å². The van der Waals surface area contributed by atoms with Crippen molar-refractivity contribution in [1.29, 1.82) is 0 Å². The largest absolute Gasteiger partial charge is 0.484 e. The maximum Gasteiger partial charge on any atom is 0.276 e. The van der Waals surface area contributed by atoms with Gasteiger partial charge in [0.25, 0.3) is 11.8 Å². The van der Waals surface area contributed by atoms with Crippen molar-refractivity contribution < 1.29 is 14.3 Å². The molecule has 2 aromatic carbocycles. The standard InChI is InChI=1S/C19H22ClN3O3/c1-2-23(12-15-6-4-3-5-7-15)13-18(24)21-22-19(25)14-26-17-10-8-16(20)9-11-17/h3-11H,2,12-14H2,1H3,(H,21,24)(H,22,25). The molecular formula is C19H22ClN3O3. The fourth-order valence-corrected chi connectivity index (χ4v) is 2.34. The molecule has 0 saturated heterocycles. The number of halogens is 1. The fourth-order valence-electron chi connectivity index (χ4n) is 2.22. The second-order valence-corrected chi connectivity index (χ2v) is 6.06. The third-order valence-corrected chi connectivity index (χ3v) is 3.84. The molecule has 0 aliphatic carbocycles. The Kier molecular flexibility index (Phi) is 7.92. The van der Waals surface area contributed by atoms with E-state index in [0.717, 1.165) is 12.1 Å². The molecule has 2 aromatic rings. The predicted octanol–water partition coefficient (Wildman–Crippen LogP) is 2.39. The molecule has 0 bridgehead atoms. The fraction of sp³-hybridized carbons (Fsp3) is 0.263. The zero-order valence-electron chi connectivity index (χ0n) is 14.6. The van der Waals surface area contributed by atoms with Gasteiger partial charge in [0.2, 0.25) is 0 Å². The monoisotopic (exact) mass is 375 g/mol. The molecule has 0 fully saturated rings. The van der Waals surface area contributed by atoms with Gasteiger partial charge in [0.1, 0.15) is 5.75 Å². The summed E-state index contributed by atoms with van der Waals surface area (Å²) in [6.45, 7) is 3.34. The highest BCUT2D eigenvalue weighted by Gasteiger charge is 2.11. The van der Waals surface area contributed by atoms with Crippen LogP contribution in [0.1, 0.15) is 12.5 Å². The van der Waals surface area contributed by atoms with Crippen LogP contribution in [0.25, 0.3) is 0 Å². The van der Waals surface area contributed by atoms with Crippen molar-refractivity contribution in [3.8, 4) is 5.75 Å². The van der Waals surface area contributed by atoms with E-state index in [1.807, 2.05) is 42.2 Å². The average Bonchev–Trinajstić information content (AvgIpc) is 2.66. The molecule has 138 valence electrons. The Morgan fingerprint density at radius 2 is 1.65 bits per heavy atom. The molecule has 0 spiro atoms. The van der Waals surface area contributed by atoms with Crippen molar-refractivity contribution in [1.82, 2.24) is 15.8 Å². The number of hydrogen-bond acceptors (Lipinski definition) is 4. The van der Waals surface area contributed by atoms with Gasteiger partial charge in [0.05, 0.1) is 6.54 Å². The van der Waals surface area contributed by atoms with Crippen LogP contribution in [0, 0.1) is 0 Å². The highest BCUT2D eigenvalue weighted by atomic mass is 35.5. The molecule has 7 heteroatoms. The highest BCUT2D eigenvalue weighted by Crippen LogP contribution is 2.15. The first-order chi connectivity index (χ1) is 12.6. The molecule has 6 nitrogen and oxygen atoms in total. The number of carbonyl (C=O) groups excluding carboxylic acids is 2. The van der Waals surface area contributed by atoms with Gasteiger partial charge in [-0.05, 0) is 36.4 Å². The van der Waals surface area contributed by atoms with E-state index in [9.17, 15) is 9.59 Å². The minimum atomic E-state index is -0.445. The zero-order valence-corrected chi connectivity index (χ0v) is 15.3. The van der Waals surface area contributed by atoms with Crippen LogP contribution in [-0.4, -0.2) is 36.4 Å². The lowest BCUT2D eigenvalue weighted by Crippen LogP contribution is -2.47. The number of benzene rings is 2. The molecule has 0 radical (unpaired) electrons.